The fourth-order valence-corrected chi connectivity index (χ4v) is 2.59. The lowest BCUT2D eigenvalue weighted by Gasteiger charge is -2.21. The molecule has 3 N–H and O–H groups in total. The van der Waals surface area contributed by atoms with Crippen LogP contribution in [0.4, 0.5) is 5.69 Å². The second kappa shape index (κ2) is 5.46. The Morgan fingerprint density at radius 3 is 3.00 bits per heavy atom. The number of aromatic amines is 1. The summed E-state index contributed by atoms with van der Waals surface area (Å²) in [7, 11) is 0. The first-order chi connectivity index (χ1) is 9.74. The number of carbonyl (C=O) groups is 1. The Kier molecular flexibility index (Phi) is 3.52. The molecule has 1 saturated heterocycles. The third-order valence-electron chi connectivity index (χ3n) is 3.71. The summed E-state index contributed by atoms with van der Waals surface area (Å²) in [6, 6.07) is 7.17. The number of piperidine rings is 1. The van der Waals surface area contributed by atoms with Crippen LogP contribution in [-0.2, 0) is 4.79 Å². The largest absolute Gasteiger partial charge is 0.329 e. The molecule has 0 spiro atoms. The molecule has 5 nitrogen and oxygen atoms in total. The fourth-order valence-electron chi connectivity index (χ4n) is 2.59. The van der Waals surface area contributed by atoms with Gasteiger partial charge in [-0.3, -0.25) is 9.59 Å². The van der Waals surface area contributed by atoms with Gasteiger partial charge in [-0.15, -0.1) is 0 Å². The summed E-state index contributed by atoms with van der Waals surface area (Å²) < 4.78 is 0. The zero-order valence-corrected chi connectivity index (χ0v) is 11.1. The molecule has 1 aliphatic rings. The molecule has 0 bridgehead atoms. The molecule has 2 heterocycles. The van der Waals surface area contributed by atoms with E-state index < -0.39 is 0 Å². The van der Waals surface area contributed by atoms with E-state index in [1.165, 1.54) is 0 Å². The first kappa shape index (κ1) is 12.9. The number of rotatable bonds is 2. The van der Waals surface area contributed by atoms with Crippen LogP contribution in [0, 0.1) is 5.92 Å². The maximum atomic E-state index is 12.2. The Balaban J connectivity index is 1.80. The van der Waals surface area contributed by atoms with Crippen LogP contribution >= 0.6 is 0 Å². The first-order valence-corrected chi connectivity index (χ1v) is 6.87. The molecule has 5 heteroatoms. The summed E-state index contributed by atoms with van der Waals surface area (Å²) >= 11 is 0. The van der Waals surface area contributed by atoms with Crippen LogP contribution in [0.5, 0.6) is 0 Å². The van der Waals surface area contributed by atoms with Crippen molar-refractivity contribution in [2.24, 2.45) is 5.92 Å². The number of benzene rings is 1. The van der Waals surface area contributed by atoms with Gasteiger partial charge in [0.25, 0.3) is 5.56 Å². The van der Waals surface area contributed by atoms with Crippen LogP contribution in [0.25, 0.3) is 10.8 Å². The van der Waals surface area contributed by atoms with Crippen molar-refractivity contribution in [1.82, 2.24) is 10.3 Å². The predicted molar refractivity (Wildman–Crippen MR) is 78.8 cm³/mol. The van der Waals surface area contributed by atoms with Crippen LogP contribution in [0.2, 0.25) is 0 Å². The molecule has 1 atom stereocenters. The second-order valence-electron chi connectivity index (χ2n) is 5.14. The Morgan fingerprint density at radius 2 is 2.20 bits per heavy atom. The number of H-pyrrole nitrogens is 1. The lowest BCUT2D eigenvalue weighted by Crippen LogP contribution is -2.37. The molecule has 0 unspecified atom stereocenters. The van der Waals surface area contributed by atoms with Gasteiger partial charge in [0.2, 0.25) is 5.91 Å². The molecule has 1 aromatic carbocycles. The lowest BCUT2D eigenvalue weighted by atomic mass is 9.98. The topological polar surface area (TPSA) is 74.0 Å². The molecular formula is C15H17N3O2. The van der Waals surface area contributed by atoms with Gasteiger partial charge < -0.3 is 15.6 Å². The van der Waals surface area contributed by atoms with Gasteiger partial charge in [-0.2, -0.15) is 0 Å². The van der Waals surface area contributed by atoms with Gasteiger partial charge in [-0.25, -0.2) is 0 Å². The van der Waals surface area contributed by atoms with E-state index in [4.69, 9.17) is 0 Å². The standard InChI is InChI=1S/C15H17N3O2/c19-14(11-2-1-6-16-9-11)18-12-3-4-13-10(8-12)5-7-17-15(13)20/h3-5,7-8,11,16H,1-2,6,9H2,(H,17,20)(H,18,19)/t11-/m0/s1. The highest BCUT2D eigenvalue weighted by molar-refractivity contribution is 5.95. The number of hydrogen-bond donors (Lipinski definition) is 3. The van der Waals surface area contributed by atoms with Gasteiger partial charge in [-0.05, 0) is 49.0 Å². The molecule has 1 aliphatic heterocycles. The van der Waals surface area contributed by atoms with Crippen LogP contribution in [-0.4, -0.2) is 24.0 Å². The van der Waals surface area contributed by atoms with Crippen LogP contribution in [0.15, 0.2) is 35.3 Å². The minimum atomic E-state index is -0.114. The van der Waals surface area contributed by atoms with Gasteiger partial charge in [0, 0.05) is 23.8 Å². The third kappa shape index (κ3) is 2.58. The van der Waals surface area contributed by atoms with Crippen molar-refractivity contribution in [3.63, 3.8) is 0 Å². The highest BCUT2D eigenvalue weighted by Crippen LogP contribution is 2.18. The van der Waals surface area contributed by atoms with Gasteiger partial charge in [0.15, 0.2) is 0 Å². The summed E-state index contributed by atoms with van der Waals surface area (Å²) in [5, 5.41) is 7.62. The van der Waals surface area contributed by atoms with E-state index in [0.717, 1.165) is 37.0 Å². The molecule has 3 rings (SSSR count). The van der Waals surface area contributed by atoms with Crippen molar-refractivity contribution in [3.8, 4) is 0 Å². The summed E-state index contributed by atoms with van der Waals surface area (Å²) in [5.41, 5.74) is 0.621. The zero-order valence-electron chi connectivity index (χ0n) is 11.1. The average molecular weight is 271 g/mol. The van der Waals surface area contributed by atoms with Crippen molar-refractivity contribution in [3.05, 3.63) is 40.8 Å². The van der Waals surface area contributed by atoms with Gasteiger partial charge in [-0.1, -0.05) is 0 Å². The Labute approximate surface area is 116 Å². The fraction of sp³-hybridized carbons (Fsp3) is 0.333. The quantitative estimate of drug-likeness (QED) is 0.774. The van der Waals surface area contributed by atoms with Crippen molar-refractivity contribution in [2.45, 2.75) is 12.8 Å². The predicted octanol–water partition coefficient (Wildman–Crippen LogP) is 1.47. The number of anilines is 1. The Morgan fingerprint density at radius 1 is 1.30 bits per heavy atom. The summed E-state index contributed by atoms with van der Waals surface area (Å²) in [6.07, 6.45) is 3.57. The number of aromatic nitrogens is 1. The van der Waals surface area contributed by atoms with Gasteiger partial charge >= 0.3 is 0 Å². The van der Waals surface area contributed by atoms with E-state index in [1.807, 2.05) is 12.1 Å². The zero-order chi connectivity index (χ0) is 13.9. The molecule has 104 valence electrons. The maximum Gasteiger partial charge on any atom is 0.255 e. The summed E-state index contributed by atoms with van der Waals surface area (Å²) in [4.78, 5) is 26.4. The normalized spacial score (nSPS) is 18.9. The molecule has 0 radical (unpaired) electrons. The molecule has 2 aromatic rings. The number of carbonyl (C=O) groups excluding carboxylic acids is 1. The minimum Gasteiger partial charge on any atom is -0.329 e. The van der Waals surface area contributed by atoms with E-state index in [1.54, 1.807) is 18.3 Å². The highest BCUT2D eigenvalue weighted by atomic mass is 16.2. The number of pyridine rings is 1. The molecule has 1 amide bonds. The molecule has 0 aliphatic carbocycles. The van der Waals surface area contributed by atoms with E-state index in [9.17, 15) is 9.59 Å². The summed E-state index contributed by atoms with van der Waals surface area (Å²) in [5.74, 6) is 0.0695. The number of fused-ring (bicyclic) bond motifs is 1. The highest BCUT2D eigenvalue weighted by Gasteiger charge is 2.20. The molecule has 20 heavy (non-hydrogen) atoms. The van der Waals surface area contributed by atoms with Crippen LogP contribution in [0.3, 0.4) is 0 Å². The molecule has 0 saturated carbocycles. The minimum absolute atomic E-state index is 0.0265. The van der Waals surface area contributed by atoms with E-state index in [-0.39, 0.29) is 17.4 Å². The Bertz CT molecular complexity index is 687. The monoisotopic (exact) mass is 271 g/mol. The van der Waals surface area contributed by atoms with Crippen molar-refractivity contribution in [1.29, 1.82) is 0 Å². The van der Waals surface area contributed by atoms with E-state index in [2.05, 4.69) is 15.6 Å². The number of nitrogens with one attached hydrogen (secondary N) is 3. The average Bonchev–Trinajstić information content (AvgIpc) is 2.48. The van der Waals surface area contributed by atoms with Crippen molar-refractivity contribution in [2.75, 3.05) is 18.4 Å². The van der Waals surface area contributed by atoms with Crippen LogP contribution in [0.1, 0.15) is 12.8 Å². The maximum absolute atomic E-state index is 12.2. The van der Waals surface area contributed by atoms with Gasteiger partial charge in [0.1, 0.15) is 0 Å². The second-order valence-corrected chi connectivity index (χ2v) is 5.14. The molecule has 1 fully saturated rings. The molecule has 1 aromatic heterocycles. The number of hydrogen-bond acceptors (Lipinski definition) is 3. The smallest absolute Gasteiger partial charge is 0.255 e. The summed E-state index contributed by atoms with van der Waals surface area (Å²) in [6.45, 7) is 1.72. The van der Waals surface area contributed by atoms with E-state index in [0.29, 0.717) is 5.39 Å². The van der Waals surface area contributed by atoms with Gasteiger partial charge in [0.05, 0.1) is 5.92 Å². The lowest BCUT2D eigenvalue weighted by molar-refractivity contribution is -0.120. The molecular weight excluding hydrogens is 254 g/mol. The van der Waals surface area contributed by atoms with Crippen LogP contribution < -0.4 is 16.2 Å². The van der Waals surface area contributed by atoms with Crippen molar-refractivity contribution < 1.29 is 4.79 Å². The first-order valence-electron chi connectivity index (χ1n) is 6.87. The third-order valence-corrected chi connectivity index (χ3v) is 3.71. The van der Waals surface area contributed by atoms with Crippen molar-refractivity contribution >= 4 is 22.4 Å². The Hall–Kier alpha value is -2.14. The van der Waals surface area contributed by atoms with E-state index >= 15 is 0 Å². The SMILES string of the molecule is O=C(Nc1ccc2c(=O)[nH]ccc2c1)[C@H]1CCCNC1. The number of amides is 1.